The standard InChI is InChI=1S/C16H20BrN/c1-11(16(2,3)4)15-9-13(10-18-15)12-5-7-14(17)8-6-12/h5-8,10-11H,9H2,1-4H3/t11-/m1/s1. The van der Waals surface area contributed by atoms with Gasteiger partial charge in [0.25, 0.3) is 0 Å². The third-order valence-electron chi connectivity index (χ3n) is 3.77. The van der Waals surface area contributed by atoms with Crippen molar-refractivity contribution in [1.29, 1.82) is 0 Å². The van der Waals surface area contributed by atoms with Crippen LogP contribution >= 0.6 is 15.9 Å². The Morgan fingerprint density at radius 2 is 1.78 bits per heavy atom. The average Bonchev–Trinajstić information content (AvgIpc) is 2.77. The second kappa shape index (κ2) is 5.00. The van der Waals surface area contributed by atoms with Crippen LogP contribution in [-0.2, 0) is 0 Å². The molecule has 1 aliphatic heterocycles. The lowest BCUT2D eigenvalue weighted by molar-refractivity contribution is 0.332. The predicted octanol–water partition coefficient (Wildman–Crippen LogP) is 5.32. The highest BCUT2D eigenvalue weighted by Crippen LogP contribution is 2.34. The van der Waals surface area contributed by atoms with Crippen molar-refractivity contribution in [2.75, 3.05) is 0 Å². The molecule has 1 aliphatic rings. The van der Waals surface area contributed by atoms with Crippen molar-refractivity contribution in [2.45, 2.75) is 34.1 Å². The normalized spacial score (nSPS) is 17.4. The van der Waals surface area contributed by atoms with E-state index in [1.165, 1.54) is 16.8 Å². The highest BCUT2D eigenvalue weighted by molar-refractivity contribution is 9.10. The molecule has 0 spiro atoms. The lowest BCUT2D eigenvalue weighted by atomic mass is 9.78. The van der Waals surface area contributed by atoms with Crippen molar-refractivity contribution < 1.29 is 0 Å². The topological polar surface area (TPSA) is 12.4 Å². The Hall–Kier alpha value is -0.890. The van der Waals surface area contributed by atoms with E-state index in [0.717, 1.165) is 10.9 Å². The van der Waals surface area contributed by atoms with Crippen LogP contribution in [0, 0.1) is 11.3 Å². The molecule has 0 saturated carbocycles. The van der Waals surface area contributed by atoms with Crippen LogP contribution < -0.4 is 0 Å². The van der Waals surface area contributed by atoms with Crippen molar-refractivity contribution in [2.24, 2.45) is 16.3 Å². The van der Waals surface area contributed by atoms with Gasteiger partial charge in [0.15, 0.2) is 0 Å². The van der Waals surface area contributed by atoms with Crippen LogP contribution in [-0.4, -0.2) is 5.71 Å². The molecule has 2 heteroatoms. The van der Waals surface area contributed by atoms with Crippen molar-refractivity contribution in [3.8, 4) is 0 Å². The minimum atomic E-state index is 0.280. The molecule has 2 rings (SSSR count). The van der Waals surface area contributed by atoms with Crippen LogP contribution in [0.25, 0.3) is 5.57 Å². The molecule has 0 bridgehead atoms. The highest BCUT2D eigenvalue weighted by Gasteiger charge is 2.27. The van der Waals surface area contributed by atoms with Crippen LogP contribution in [0.1, 0.15) is 39.7 Å². The van der Waals surface area contributed by atoms with Gasteiger partial charge >= 0.3 is 0 Å². The molecule has 0 fully saturated rings. The van der Waals surface area contributed by atoms with Crippen LogP contribution in [0.5, 0.6) is 0 Å². The fourth-order valence-electron chi connectivity index (χ4n) is 2.05. The van der Waals surface area contributed by atoms with Gasteiger partial charge in [0.05, 0.1) is 0 Å². The number of nitrogens with zero attached hydrogens (tertiary/aromatic N) is 1. The van der Waals surface area contributed by atoms with Gasteiger partial charge in [-0.15, -0.1) is 0 Å². The lowest BCUT2D eigenvalue weighted by Gasteiger charge is -2.27. The minimum Gasteiger partial charge on any atom is -0.265 e. The van der Waals surface area contributed by atoms with E-state index in [1.54, 1.807) is 0 Å². The largest absolute Gasteiger partial charge is 0.265 e. The molecule has 0 aliphatic carbocycles. The fourth-order valence-corrected chi connectivity index (χ4v) is 2.32. The van der Waals surface area contributed by atoms with Crippen LogP contribution in [0.2, 0.25) is 0 Å². The summed E-state index contributed by atoms with van der Waals surface area (Å²) >= 11 is 3.47. The lowest BCUT2D eigenvalue weighted by Crippen LogP contribution is -2.24. The molecular weight excluding hydrogens is 286 g/mol. The highest BCUT2D eigenvalue weighted by atomic mass is 79.9. The Bertz CT molecular complexity index is 489. The van der Waals surface area contributed by atoms with E-state index in [4.69, 9.17) is 0 Å². The van der Waals surface area contributed by atoms with E-state index in [2.05, 4.69) is 72.9 Å². The molecule has 96 valence electrons. The number of benzene rings is 1. The monoisotopic (exact) mass is 305 g/mol. The molecule has 1 aromatic carbocycles. The Balaban J connectivity index is 2.09. The SMILES string of the molecule is C[C@H](C1=NC=C(c2ccc(Br)cc2)C1)C(C)(C)C. The van der Waals surface area contributed by atoms with E-state index < -0.39 is 0 Å². The zero-order valence-corrected chi connectivity index (χ0v) is 13.1. The molecule has 18 heavy (non-hydrogen) atoms. The molecule has 1 heterocycles. The van der Waals surface area contributed by atoms with Gasteiger partial charge < -0.3 is 0 Å². The van der Waals surface area contributed by atoms with Gasteiger partial charge in [-0.05, 0) is 34.6 Å². The summed E-state index contributed by atoms with van der Waals surface area (Å²) in [5.41, 5.74) is 4.19. The maximum Gasteiger partial charge on any atom is 0.0309 e. The molecule has 0 aromatic heterocycles. The number of halogens is 1. The summed E-state index contributed by atoms with van der Waals surface area (Å²) in [6.45, 7) is 9.10. The van der Waals surface area contributed by atoms with Crippen LogP contribution in [0.4, 0.5) is 0 Å². The summed E-state index contributed by atoms with van der Waals surface area (Å²) in [7, 11) is 0. The van der Waals surface area contributed by atoms with Gasteiger partial charge in [0, 0.05) is 22.8 Å². The molecule has 0 N–H and O–H groups in total. The Kier molecular flexibility index (Phi) is 3.76. The first-order valence-electron chi connectivity index (χ1n) is 6.39. The zero-order valence-electron chi connectivity index (χ0n) is 11.5. The summed E-state index contributed by atoms with van der Waals surface area (Å²) in [4.78, 5) is 4.63. The molecule has 0 amide bonds. The van der Waals surface area contributed by atoms with Crippen molar-refractivity contribution >= 4 is 27.2 Å². The second-order valence-corrected chi connectivity index (χ2v) is 6.96. The quantitative estimate of drug-likeness (QED) is 0.701. The van der Waals surface area contributed by atoms with Gasteiger partial charge in [-0.3, -0.25) is 4.99 Å². The zero-order chi connectivity index (χ0) is 13.3. The molecular formula is C16H20BrN. The smallest absolute Gasteiger partial charge is 0.0309 e. The van der Waals surface area contributed by atoms with Crippen molar-refractivity contribution in [1.82, 2.24) is 0 Å². The summed E-state index contributed by atoms with van der Waals surface area (Å²) < 4.78 is 1.12. The van der Waals surface area contributed by atoms with Gasteiger partial charge in [-0.2, -0.15) is 0 Å². The van der Waals surface area contributed by atoms with E-state index in [1.807, 2.05) is 6.20 Å². The van der Waals surface area contributed by atoms with E-state index >= 15 is 0 Å². The van der Waals surface area contributed by atoms with Gasteiger partial charge in [0.1, 0.15) is 0 Å². The molecule has 1 aromatic rings. The van der Waals surface area contributed by atoms with Crippen molar-refractivity contribution in [3.63, 3.8) is 0 Å². The summed E-state index contributed by atoms with van der Waals surface area (Å²) in [5.74, 6) is 0.515. The maximum atomic E-state index is 4.63. The van der Waals surface area contributed by atoms with Crippen molar-refractivity contribution in [3.05, 3.63) is 40.5 Å². The third-order valence-corrected chi connectivity index (χ3v) is 4.30. The third kappa shape index (κ3) is 2.92. The molecule has 0 saturated heterocycles. The van der Waals surface area contributed by atoms with E-state index in [-0.39, 0.29) is 5.41 Å². The number of hydrogen-bond acceptors (Lipinski definition) is 1. The summed E-state index contributed by atoms with van der Waals surface area (Å²) in [6, 6.07) is 8.47. The van der Waals surface area contributed by atoms with E-state index in [0.29, 0.717) is 5.92 Å². The fraction of sp³-hybridized carbons (Fsp3) is 0.438. The van der Waals surface area contributed by atoms with Gasteiger partial charge in [0.2, 0.25) is 0 Å². The average molecular weight is 306 g/mol. The maximum absolute atomic E-state index is 4.63. The van der Waals surface area contributed by atoms with Gasteiger partial charge in [-0.1, -0.05) is 55.8 Å². The molecule has 1 atom stereocenters. The first kappa shape index (κ1) is 13.5. The Morgan fingerprint density at radius 3 is 2.33 bits per heavy atom. The number of rotatable bonds is 2. The van der Waals surface area contributed by atoms with Crippen LogP contribution in [0.15, 0.2) is 39.9 Å². The van der Waals surface area contributed by atoms with Crippen LogP contribution in [0.3, 0.4) is 0 Å². The molecule has 1 nitrogen and oxygen atoms in total. The number of allylic oxidation sites excluding steroid dienone is 1. The Morgan fingerprint density at radius 1 is 1.17 bits per heavy atom. The predicted molar refractivity (Wildman–Crippen MR) is 82.8 cm³/mol. The molecule has 0 unspecified atom stereocenters. The molecule has 0 radical (unpaired) electrons. The minimum absolute atomic E-state index is 0.280. The van der Waals surface area contributed by atoms with Gasteiger partial charge in [-0.25, -0.2) is 0 Å². The Labute approximate surface area is 118 Å². The number of aliphatic imine (C=N–C) groups is 1. The first-order chi connectivity index (χ1) is 8.38. The summed E-state index contributed by atoms with van der Waals surface area (Å²) in [5, 5.41) is 0. The number of hydrogen-bond donors (Lipinski definition) is 0. The first-order valence-corrected chi connectivity index (χ1v) is 7.19. The van der Waals surface area contributed by atoms with E-state index in [9.17, 15) is 0 Å². The second-order valence-electron chi connectivity index (χ2n) is 6.05. The summed E-state index contributed by atoms with van der Waals surface area (Å²) in [6.07, 6.45) is 3.01.